The Morgan fingerprint density at radius 2 is 1.85 bits per heavy atom. The van der Waals surface area contributed by atoms with Crippen molar-refractivity contribution < 1.29 is 4.39 Å². The van der Waals surface area contributed by atoms with E-state index in [0.717, 1.165) is 23.2 Å². The second-order valence-electron chi connectivity index (χ2n) is 5.10. The first-order valence-corrected chi connectivity index (χ1v) is 7.36. The fourth-order valence-electron chi connectivity index (χ4n) is 2.12. The Balaban J connectivity index is 1.83. The first-order chi connectivity index (χ1) is 9.63. The zero-order valence-corrected chi connectivity index (χ0v) is 12.3. The van der Waals surface area contributed by atoms with Crippen LogP contribution in [-0.2, 0) is 6.54 Å². The zero-order chi connectivity index (χ0) is 14.1. The molecule has 0 aromatic heterocycles. The maximum absolute atomic E-state index is 13.2. The molecule has 0 unspecified atom stereocenters. The van der Waals surface area contributed by atoms with E-state index in [1.54, 1.807) is 12.1 Å². The molecule has 0 radical (unpaired) electrons. The predicted octanol–water partition coefficient (Wildman–Crippen LogP) is 5.05. The van der Waals surface area contributed by atoms with Gasteiger partial charge in [0.2, 0.25) is 0 Å². The van der Waals surface area contributed by atoms with Gasteiger partial charge >= 0.3 is 0 Å². The largest absolute Gasteiger partial charge is 0.310 e. The first kappa shape index (κ1) is 13.9. The van der Waals surface area contributed by atoms with E-state index in [1.165, 1.54) is 18.9 Å². The molecule has 0 bridgehead atoms. The van der Waals surface area contributed by atoms with E-state index < -0.39 is 5.82 Å². The van der Waals surface area contributed by atoms with Crippen LogP contribution in [0.15, 0.2) is 36.4 Å². The predicted molar refractivity (Wildman–Crippen MR) is 81.7 cm³/mol. The van der Waals surface area contributed by atoms with Crippen molar-refractivity contribution in [2.24, 2.45) is 0 Å². The average Bonchev–Trinajstić information content (AvgIpc) is 3.24. The third-order valence-corrected chi connectivity index (χ3v) is 4.04. The summed E-state index contributed by atoms with van der Waals surface area (Å²) in [5.41, 5.74) is 2.84. The number of nitrogens with one attached hydrogen (secondary N) is 1. The lowest BCUT2D eigenvalue weighted by atomic mass is 10.0. The highest BCUT2D eigenvalue weighted by atomic mass is 35.5. The van der Waals surface area contributed by atoms with Crippen LogP contribution in [0.1, 0.15) is 18.4 Å². The fourth-order valence-corrected chi connectivity index (χ4v) is 2.61. The van der Waals surface area contributed by atoms with Crippen molar-refractivity contribution in [1.82, 2.24) is 5.32 Å². The highest BCUT2D eigenvalue weighted by Crippen LogP contribution is 2.31. The van der Waals surface area contributed by atoms with Crippen molar-refractivity contribution in [3.63, 3.8) is 0 Å². The van der Waals surface area contributed by atoms with E-state index in [9.17, 15) is 4.39 Å². The molecule has 1 aliphatic rings. The lowest BCUT2D eigenvalue weighted by Crippen LogP contribution is -2.15. The third-order valence-electron chi connectivity index (χ3n) is 3.44. The molecule has 0 spiro atoms. The lowest BCUT2D eigenvalue weighted by molar-refractivity contribution is 0.628. The van der Waals surface area contributed by atoms with Crippen molar-refractivity contribution in [2.45, 2.75) is 25.4 Å². The molecular formula is C16H14Cl2FN. The van der Waals surface area contributed by atoms with Crippen molar-refractivity contribution in [2.75, 3.05) is 0 Å². The molecule has 3 rings (SSSR count). The standard InChI is InChI=1S/C16H14Cl2FN/c17-14-7-10(9-20-12-3-4-12)1-5-13(14)11-2-6-16(19)15(18)8-11/h1-2,5-8,12,20H,3-4,9H2. The van der Waals surface area contributed by atoms with Gasteiger partial charge in [-0.2, -0.15) is 0 Å². The zero-order valence-electron chi connectivity index (χ0n) is 10.8. The number of halogens is 3. The molecule has 0 atom stereocenters. The molecule has 1 saturated carbocycles. The summed E-state index contributed by atoms with van der Waals surface area (Å²) >= 11 is 12.1. The lowest BCUT2D eigenvalue weighted by Gasteiger charge is -2.09. The van der Waals surface area contributed by atoms with Gasteiger partial charge < -0.3 is 5.32 Å². The van der Waals surface area contributed by atoms with Crippen LogP contribution >= 0.6 is 23.2 Å². The summed E-state index contributed by atoms with van der Waals surface area (Å²) in [6, 6.07) is 11.2. The molecule has 0 saturated heterocycles. The first-order valence-electron chi connectivity index (χ1n) is 6.61. The van der Waals surface area contributed by atoms with Crippen LogP contribution in [0.5, 0.6) is 0 Å². The molecule has 4 heteroatoms. The summed E-state index contributed by atoms with van der Waals surface area (Å²) in [6.07, 6.45) is 2.53. The van der Waals surface area contributed by atoms with Gasteiger partial charge in [-0.15, -0.1) is 0 Å². The van der Waals surface area contributed by atoms with Crippen LogP contribution in [0.4, 0.5) is 4.39 Å². The summed E-state index contributed by atoms with van der Waals surface area (Å²) in [5, 5.41) is 4.21. The van der Waals surface area contributed by atoms with Gasteiger partial charge in [0.25, 0.3) is 0 Å². The van der Waals surface area contributed by atoms with Crippen molar-refractivity contribution in [3.05, 3.63) is 57.8 Å². The molecule has 1 fully saturated rings. The smallest absolute Gasteiger partial charge is 0.141 e. The summed E-state index contributed by atoms with van der Waals surface area (Å²) in [6.45, 7) is 0.828. The van der Waals surface area contributed by atoms with Crippen LogP contribution in [0.25, 0.3) is 11.1 Å². The normalized spacial score (nSPS) is 14.6. The summed E-state index contributed by atoms with van der Waals surface area (Å²) in [4.78, 5) is 0. The molecule has 1 nitrogen and oxygen atoms in total. The number of hydrogen-bond acceptors (Lipinski definition) is 1. The summed E-state index contributed by atoms with van der Waals surface area (Å²) < 4.78 is 13.2. The Bertz CT molecular complexity index is 638. The van der Waals surface area contributed by atoms with Gasteiger partial charge in [-0.1, -0.05) is 41.4 Å². The summed E-state index contributed by atoms with van der Waals surface area (Å²) in [5.74, 6) is -0.420. The SMILES string of the molecule is Fc1ccc(-c2ccc(CNC3CC3)cc2Cl)cc1Cl. The van der Waals surface area contributed by atoms with Crippen molar-refractivity contribution in [1.29, 1.82) is 0 Å². The second kappa shape index (κ2) is 5.72. The quantitative estimate of drug-likeness (QED) is 0.833. The van der Waals surface area contributed by atoms with Gasteiger partial charge in [0.05, 0.1) is 5.02 Å². The van der Waals surface area contributed by atoms with E-state index >= 15 is 0 Å². The van der Waals surface area contributed by atoms with Gasteiger partial charge in [0.15, 0.2) is 0 Å². The maximum Gasteiger partial charge on any atom is 0.141 e. The monoisotopic (exact) mass is 309 g/mol. The van der Waals surface area contributed by atoms with Crippen LogP contribution < -0.4 is 5.32 Å². The van der Waals surface area contributed by atoms with Gasteiger partial charge in [0.1, 0.15) is 5.82 Å². The van der Waals surface area contributed by atoms with E-state index in [1.807, 2.05) is 18.2 Å². The van der Waals surface area contributed by atoms with Crippen LogP contribution in [0.2, 0.25) is 10.0 Å². The minimum Gasteiger partial charge on any atom is -0.310 e. The Morgan fingerprint density at radius 3 is 2.50 bits per heavy atom. The minimum atomic E-state index is -0.420. The molecule has 0 aliphatic heterocycles. The molecule has 104 valence electrons. The fraction of sp³-hybridized carbons (Fsp3) is 0.250. The van der Waals surface area contributed by atoms with Gasteiger partial charge in [-0.3, -0.25) is 0 Å². The molecule has 1 aliphatic carbocycles. The number of rotatable bonds is 4. The molecule has 20 heavy (non-hydrogen) atoms. The topological polar surface area (TPSA) is 12.0 Å². The van der Waals surface area contributed by atoms with Crippen molar-refractivity contribution >= 4 is 23.2 Å². The maximum atomic E-state index is 13.2. The van der Waals surface area contributed by atoms with E-state index in [-0.39, 0.29) is 5.02 Å². The Kier molecular flexibility index (Phi) is 3.97. The molecule has 2 aromatic rings. The minimum absolute atomic E-state index is 0.109. The molecule has 1 N–H and O–H groups in total. The Labute approximate surface area is 127 Å². The molecule has 2 aromatic carbocycles. The van der Waals surface area contributed by atoms with Gasteiger partial charge in [0, 0.05) is 23.2 Å². The highest BCUT2D eigenvalue weighted by Gasteiger charge is 2.20. The average molecular weight is 310 g/mol. The highest BCUT2D eigenvalue weighted by molar-refractivity contribution is 6.34. The number of benzene rings is 2. The van der Waals surface area contributed by atoms with Crippen LogP contribution in [0, 0.1) is 5.82 Å². The van der Waals surface area contributed by atoms with E-state index in [0.29, 0.717) is 11.1 Å². The Hall–Kier alpha value is -1.09. The number of hydrogen-bond donors (Lipinski definition) is 1. The van der Waals surface area contributed by atoms with Crippen molar-refractivity contribution in [3.8, 4) is 11.1 Å². The second-order valence-corrected chi connectivity index (χ2v) is 5.91. The van der Waals surface area contributed by atoms with E-state index in [4.69, 9.17) is 23.2 Å². The Morgan fingerprint density at radius 1 is 1.05 bits per heavy atom. The molecular weight excluding hydrogens is 296 g/mol. The molecule has 0 amide bonds. The van der Waals surface area contributed by atoms with Gasteiger partial charge in [-0.25, -0.2) is 4.39 Å². The van der Waals surface area contributed by atoms with E-state index in [2.05, 4.69) is 5.32 Å². The molecule has 0 heterocycles. The van der Waals surface area contributed by atoms with Crippen LogP contribution in [-0.4, -0.2) is 6.04 Å². The van der Waals surface area contributed by atoms with Gasteiger partial charge in [-0.05, 0) is 42.2 Å². The summed E-state index contributed by atoms with van der Waals surface area (Å²) in [7, 11) is 0. The third kappa shape index (κ3) is 3.14. The van der Waals surface area contributed by atoms with Crippen LogP contribution in [0.3, 0.4) is 0 Å².